The number of esters is 2. The van der Waals surface area contributed by atoms with Gasteiger partial charge in [0.2, 0.25) is 0 Å². The number of aliphatic hydroxyl groups is 3. The second kappa shape index (κ2) is 46.1. The predicted octanol–water partition coefficient (Wildman–Crippen LogP) is 11.3. The molecule has 5 atom stereocenters. The summed E-state index contributed by atoms with van der Waals surface area (Å²) >= 11 is 0. The Hall–Kier alpha value is -3.30. The van der Waals surface area contributed by atoms with Crippen LogP contribution in [-0.4, -0.2) is 95.0 Å². The summed E-state index contributed by atoms with van der Waals surface area (Å²) in [5.74, 6) is -1.11. The van der Waals surface area contributed by atoms with Crippen molar-refractivity contribution < 1.29 is 71.4 Å². The average molecular weight is 999 g/mol. The fraction of sp³-hybridized carbons (Fsp3) is 0.608. The number of ether oxygens (including phenoxy) is 2. The fourth-order valence-corrected chi connectivity index (χ4v) is 7.07. The van der Waals surface area contributed by atoms with Gasteiger partial charge in [-0.2, -0.15) is 0 Å². The fourth-order valence-electron chi connectivity index (χ4n) is 5.48. The number of phosphoric acid groups is 2. The van der Waals surface area contributed by atoms with E-state index in [1.165, 1.54) is 19.3 Å². The number of carbonyl (C=O) groups is 2. The first-order valence-corrected chi connectivity index (χ1v) is 27.2. The van der Waals surface area contributed by atoms with Gasteiger partial charge in [0.15, 0.2) is 0 Å². The van der Waals surface area contributed by atoms with Crippen LogP contribution in [0.2, 0.25) is 0 Å². The number of phosphoric ester groups is 2. The van der Waals surface area contributed by atoms with Crippen LogP contribution in [0.1, 0.15) is 142 Å². The second-order valence-corrected chi connectivity index (χ2v) is 18.6. The molecule has 5 N–H and O–H groups in total. The Labute approximate surface area is 407 Å². The molecule has 388 valence electrons. The Morgan fingerprint density at radius 2 is 0.706 bits per heavy atom. The molecule has 0 spiro atoms. The lowest BCUT2D eigenvalue weighted by atomic mass is 10.1. The molecule has 0 aromatic heterocycles. The van der Waals surface area contributed by atoms with E-state index in [1.807, 2.05) is 18.2 Å². The van der Waals surface area contributed by atoms with Gasteiger partial charge in [-0.15, -0.1) is 0 Å². The molecule has 0 fully saturated rings. The van der Waals surface area contributed by atoms with E-state index < -0.39 is 85.5 Å². The maximum absolute atomic E-state index is 12.2. The number of hydrogen-bond donors (Lipinski definition) is 5. The SMILES string of the molecule is CC/C=C\C/C=C\C/C=C\C/C=C\C/C=C\C/C=C\CCC(=O)OCC(O)COP(=O)(O)OCC(O)COP(=O)(O)OCC(O)COC(=O)CCCCCC/C=C\C/C=C\C/C=C\CCCCC. The quantitative estimate of drug-likeness (QED) is 0.0166. The summed E-state index contributed by atoms with van der Waals surface area (Å²) in [4.78, 5) is 43.7. The molecule has 0 radical (unpaired) electrons. The first-order valence-electron chi connectivity index (χ1n) is 24.2. The summed E-state index contributed by atoms with van der Waals surface area (Å²) in [6.45, 7) is 0.129. The molecule has 0 bridgehead atoms. The summed E-state index contributed by atoms with van der Waals surface area (Å²) in [7, 11) is -9.62. The first kappa shape index (κ1) is 64.7. The van der Waals surface area contributed by atoms with E-state index in [-0.39, 0.29) is 12.8 Å². The van der Waals surface area contributed by atoms with Gasteiger partial charge in [-0.05, 0) is 89.9 Å². The third-order valence-corrected chi connectivity index (χ3v) is 11.1. The molecular formula is C51H84O15P2. The van der Waals surface area contributed by atoms with Gasteiger partial charge < -0.3 is 34.6 Å². The van der Waals surface area contributed by atoms with Crippen LogP contribution < -0.4 is 0 Å². The zero-order chi connectivity index (χ0) is 50.2. The van der Waals surface area contributed by atoms with Gasteiger partial charge in [0.25, 0.3) is 0 Å². The topological polar surface area (TPSA) is 225 Å². The minimum absolute atomic E-state index is 0.0650. The molecule has 0 aromatic rings. The van der Waals surface area contributed by atoms with Crippen molar-refractivity contribution in [3.05, 3.63) is 109 Å². The number of carbonyl (C=O) groups excluding carboxylic acids is 2. The van der Waals surface area contributed by atoms with Crippen molar-refractivity contribution in [2.75, 3.05) is 39.6 Å². The highest BCUT2D eigenvalue weighted by molar-refractivity contribution is 7.47. The molecule has 0 amide bonds. The van der Waals surface area contributed by atoms with Gasteiger partial charge in [0, 0.05) is 12.8 Å². The van der Waals surface area contributed by atoms with Crippen LogP contribution in [0.4, 0.5) is 0 Å². The molecule has 15 nitrogen and oxygen atoms in total. The molecule has 0 aliphatic heterocycles. The molecule has 0 aliphatic carbocycles. The number of unbranched alkanes of at least 4 members (excludes halogenated alkanes) is 7. The Kier molecular flexibility index (Phi) is 43.9. The van der Waals surface area contributed by atoms with Gasteiger partial charge in [0.1, 0.15) is 31.5 Å². The highest BCUT2D eigenvalue weighted by atomic mass is 31.2. The molecule has 0 aromatic carbocycles. The average Bonchev–Trinajstić information content (AvgIpc) is 3.31. The highest BCUT2D eigenvalue weighted by Gasteiger charge is 2.28. The van der Waals surface area contributed by atoms with Gasteiger partial charge >= 0.3 is 27.6 Å². The summed E-state index contributed by atoms with van der Waals surface area (Å²) in [5, 5.41) is 30.0. The first-order chi connectivity index (χ1) is 32.8. The summed E-state index contributed by atoms with van der Waals surface area (Å²) in [6.07, 6.45) is 50.9. The number of hydrogen-bond acceptors (Lipinski definition) is 13. The molecule has 17 heteroatoms. The molecule has 0 aliphatic rings. The van der Waals surface area contributed by atoms with E-state index in [9.17, 15) is 43.8 Å². The van der Waals surface area contributed by atoms with E-state index in [0.717, 1.165) is 77.0 Å². The Balaban J connectivity index is 4.00. The largest absolute Gasteiger partial charge is 0.472 e. The van der Waals surface area contributed by atoms with Gasteiger partial charge in [-0.25, -0.2) is 9.13 Å². The van der Waals surface area contributed by atoms with Crippen LogP contribution >= 0.6 is 15.6 Å². The molecule has 0 saturated carbocycles. The molecule has 0 saturated heterocycles. The second-order valence-electron chi connectivity index (χ2n) is 15.7. The van der Waals surface area contributed by atoms with E-state index in [0.29, 0.717) is 19.3 Å². The van der Waals surface area contributed by atoms with Crippen molar-refractivity contribution in [2.24, 2.45) is 0 Å². The highest BCUT2D eigenvalue weighted by Crippen LogP contribution is 2.45. The number of rotatable bonds is 45. The molecule has 5 unspecified atom stereocenters. The van der Waals surface area contributed by atoms with E-state index in [2.05, 4.69) is 123 Å². The lowest BCUT2D eigenvalue weighted by Gasteiger charge is -2.19. The minimum Gasteiger partial charge on any atom is -0.463 e. The molecule has 68 heavy (non-hydrogen) atoms. The Bertz CT molecular complexity index is 1630. The zero-order valence-electron chi connectivity index (χ0n) is 40.7. The summed E-state index contributed by atoms with van der Waals surface area (Å²) in [5.41, 5.74) is 0. The van der Waals surface area contributed by atoms with Crippen LogP contribution in [0, 0.1) is 0 Å². The predicted molar refractivity (Wildman–Crippen MR) is 269 cm³/mol. The van der Waals surface area contributed by atoms with Crippen molar-refractivity contribution in [1.82, 2.24) is 0 Å². The zero-order valence-corrected chi connectivity index (χ0v) is 42.5. The van der Waals surface area contributed by atoms with Crippen LogP contribution in [0.25, 0.3) is 0 Å². The minimum atomic E-state index is -4.81. The number of aliphatic hydroxyl groups excluding tert-OH is 3. The van der Waals surface area contributed by atoms with Gasteiger partial charge in [0.05, 0.1) is 26.4 Å². The van der Waals surface area contributed by atoms with Crippen molar-refractivity contribution in [3.8, 4) is 0 Å². The lowest BCUT2D eigenvalue weighted by molar-refractivity contribution is -0.148. The van der Waals surface area contributed by atoms with Crippen LogP contribution in [0.3, 0.4) is 0 Å². The van der Waals surface area contributed by atoms with Crippen LogP contribution in [-0.2, 0) is 46.3 Å². The monoisotopic (exact) mass is 999 g/mol. The maximum Gasteiger partial charge on any atom is 0.472 e. The van der Waals surface area contributed by atoms with Crippen molar-refractivity contribution in [3.63, 3.8) is 0 Å². The van der Waals surface area contributed by atoms with Crippen LogP contribution in [0.15, 0.2) is 109 Å². The van der Waals surface area contributed by atoms with E-state index in [4.69, 9.17) is 9.47 Å². The Morgan fingerprint density at radius 1 is 0.397 bits per heavy atom. The third-order valence-electron chi connectivity index (χ3n) is 9.23. The molecule has 0 heterocycles. The van der Waals surface area contributed by atoms with Crippen LogP contribution in [0.5, 0.6) is 0 Å². The smallest absolute Gasteiger partial charge is 0.463 e. The van der Waals surface area contributed by atoms with Crippen molar-refractivity contribution >= 4 is 27.6 Å². The van der Waals surface area contributed by atoms with E-state index >= 15 is 0 Å². The van der Waals surface area contributed by atoms with Crippen molar-refractivity contribution in [1.29, 1.82) is 0 Å². The van der Waals surface area contributed by atoms with Gasteiger partial charge in [-0.3, -0.25) is 27.7 Å². The Morgan fingerprint density at radius 3 is 1.09 bits per heavy atom. The summed E-state index contributed by atoms with van der Waals surface area (Å²) < 4.78 is 52.9. The van der Waals surface area contributed by atoms with E-state index in [1.54, 1.807) is 0 Å². The normalized spacial score (nSPS) is 15.9. The maximum atomic E-state index is 12.2. The summed E-state index contributed by atoms with van der Waals surface area (Å²) in [6, 6.07) is 0. The van der Waals surface area contributed by atoms with Crippen molar-refractivity contribution in [2.45, 2.75) is 161 Å². The molecule has 0 rings (SSSR count). The number of allylic oxidation sites excluding steroid dienone is 18. The molecular weight excluding hydrogens is 914 g/mol. The standard InChI is InChI=1S/C51H84O15P2/c1-3-5-7-9-11-13-15-17-19-21-22-24-26-28-30-32-34-36-38-40-51(56)62-42-48(53)44-64-68(59,60)66-46-49(54)45-65-67(57,58)63-43-47(52)41-61-50(55)39-37-35-33-31-29-27-25-23-20-18-16-14-12-10-8-6-4-2/h5,7,11-14,17-20,22,24-25,27-28,30,34,36,47-49,52-54H,3-4,6,8-10,15-16,21,23,26,29,31-33,35,37-46H2,1-2H3,(H,57,58)(H,59,60)/b7-5-,13-11-,14-12-,19-17-,20-18-,24-22-,27-25-,30-28-,36-34-. The lowest BCUT2D eigenvalue weighted by Crippen LogP contribution is -2.25. The van der Waals surface area contributed by atoms with Gasteiger partial charge in [-0.1, -0.05) is 149 Å². The third kappa shape index (κ3) is 47.8.